The van der Waals surface area contributed by atoms with E-state index in [2.05, 4.69) is 15.5 Å². The first-order chi connectivity index (χ1) is 14.5. The first kappa shape index (κ1) is 19.6. The quantitative estimate of drug-likeness (QED) is 0.404. The van der Waals surface area contributed by atoms with Crippen LogP contribution in [0.4, 0.5) is 0 Å². The molecule has 3 aromatic rings. The summed E-state index contributed by atoms with van der Waals surface area (Å²) in [4.78, 5) is 28.9. The van der Waals surface area contributed by atoms with Crippen LogP contribution in [0.25, 0.3) is 0 Å². The van der Waals surface area contributed by atoms with Gasteiger partial charge in [-0.2, -0.15) is 5.10 Å². The molecule has 1 aromatic carbocycles. The van der Waals surface area contributed by atoms with Crippen LogP contribution in [0.15, 0.2) is 58.3 Å². The Morgan fingerprint density at radius 3 is 2.67 bits per heavy atom. The van der Waals surface area contributed by atoms with E-state index < -0.39 is 5.97 Å². The van der Waals surface area contributed by atoms with Crippen molar-refractivity contribution in [3.63, 3.8) is 0 Å². The molecule has 0 unspecified atom stereocenters. The molecule has 1 aliphatic rings. The number of carbonyl (C=O) groups is 2. The van der Waals surface area contributed by atoms with E-state index in [-0.39, 0.29) is 11.7 Å². The Labute approximate surface area is 173 Å². The number of carbonyl (C=O) groups excluding carboxylic acids is 2. The first-order valence-electron chi connectivity index (χ1n) is 9.71. The van der Waals surface area contributed by atoms with E-state index >= 15 is 0 Å². The molecule has 1 aliphatic carbocycles. The lowest BCUT2D eigenvalue weighted by molar-refractivity contribution is 0.0698. The van der Waals surface area contributed by atoms with Gasteiger partial charge < -0.3 is 9.15 Å². The van der Waals surface area contributed by atoms with Crippen molar-refractivity contribution in [1.29, 1.82) is 0 Å². The second-order valence-corrected chi connectivity index (χ2v) is 7.15. The summed E-state index contributed by atoms with van der Waals surface area (Å²) in [6, 6.07) is 10.6. The van der Waals surface area contributed by atoms with E-state index in [0.717, 1.165) is 17.5 Å². The van der Waals surface area contributed by atoms with Crippen molar-refractivity contribution >= 4 is 17.6 Å². The van der Waals surface area contributed by atoms with E-state index in [1.54, 1.807) is 37.4 Å². The molecule has 0 spiro atoms. The lowest BCUT2D eigenvalue weighted by Crippen LogP contribution is -2.22. The molecule has 30 heavy (non-hydrogen) atoms. The van der Waals surface area contributed by atoms with Crippen molar-refractivity contribution in [3.05, 3.63) is 82.6 Å². The monoisotopic (exact) mass is 403 g/mol. The summed E-state index contributed by atoms with van der Waals surface area (Å²) < 4.78 is 11.3. The van der Waals surface area contributed by atoms with E-state index in [0.29, 0.717) is 41.2 Å². The number of hydrazone groups is 1. The number of pyridine rings is 1. The summed E-state index contributed by atoms with van der Waals surface area (Å²) in [5.41, 5.74) is 6.18. The Balaban J connectivity index is 1.56. The molecule has 1 N–H and O–H groups in total. The number of benzene rings is 1. The predicted octanol–water partition coefficient (Wildman–Crippen LogP) is 3.98. The lowest BCUT2D eigenvalue weighted by Gasteiger charge is -2.13. The number of aromatic nitrogens is 1. The zero-order chi connectivity index (χ0) is 21.1. The third kappa shape index (κ3) is 4.00. The summed E-state index contributed by atoms with van der Waals surface area (Å²) in [5, 5.41) is 4.31. The molecular formula is C23H21N3O4. The van der Waals surface area contributed by atoms with Crippen molar-refractivity contribution in [2.75, 3.05) is 0 Å². The van der Waals surface area contributed by atoms with Gasteiger partial charge in [0.05, 0.1) is 11.3 Å². The first-order valence-corrected chi connectivity index (χ1v) is 9.71. The third-order valence-electron chi connectivity index (χ3n) is 4.96. The zero-order valence-corrected chi connectivity index (χ0v) is 16.8. The zero-order valence-electron chi connectivity index (χ0n) is 16.8. The number of amides is 1. The fourth-order valence-corrected chi connectivity index (χ4v) is 3.41. The van der Waals surface area contributed by atoms with Gasteiger partial charge in [0.15, 0.2) is 0 Å². The number of ether oxygens (including phenoxy) is 1. The van der Waals surface area contributed by atoms with E-state index in [1.165, 1.54) is 6.20 Å². The molecule has 0 radical (unpaired) electrons. The highest BCUT2D eigenvalue weighted by molar-refractivity contribution is 6.06. The number of nitrogens with one attached hydrogen (secondary N) is 1. The van der Waals surface area contributed by atoms with Gasteiger partial charge in [0, 0.05) is 29.9 Å². The molecule has 1 amide bonds. The molecule has 152 valence electrons. The summed E-state index contributed by atoms with van der Waals surface area (Å²) >= 11 is 0. The van der Waals surface area contributed by atoms with Crippen molar-refractivity contribution in [1.82, 2.24) is 10.4 Å². The van der Waals surface area contributed by atoms with Gasteiger partial charge in [-0.3, -0.25) is 9.78 Å². The van der Waals surface area contributed by atoms with Crippen molar-refractivity contribution in [2.24, 2.45) is 5.10 Å². The van der Waals surface area contributed by atoms with Crippen LogP contribution in [0.5, 0.6) is 5.75 Å². The Hall–Kier alpha value is -3.74. The Bertz CT molecular complexity index is 1120. The molecule has 7 heteroatoms. The van der Waals surface area contributed by atoms with Crippen LogP contribution in [0.2, 0.25) is 0 Å². The molecule has 2 heterocycles. The van der Waals surface area contributed by atoms with Crippen molar-refractivity contribution in [2.45, 2.75) is 33.1 Å². The van der Waals surface area contributed by atoms with Crippen LogP contribution in [0.1, 0.15) is 56.2 Å². The number of hydrogen-bond donors (Lipinski definition) is 1. The fourth-order valence-electron chi connectivity index (χ4n) is 3.41. The number of esters is 1. The summed E-state index contributed by atoms with van der Waals surface area (Å²) in [5.74, 6) is 0.405. The molecule has 0 saturated carbocycles. The molecule has 7 nitrogen and oxygen atoms in total. The Kier molecular flexibility index (Phi) is 5.43. The molecule has 0 fully saturated rings. The van der Waals surface area contributed by atoms with Gasteiger partial charge in [0.1, 0.15) is 11.5 Å². The minimum absolute atomic E-state index is 0.161. The van der Waals surface area contributed by atoms with E-state index in [9.17, 15) is 9.59 Å². The average Bonchev–Trinajstić information content (AvgIpc) is 3.11. The maximum Gasteiger partial charge on any atom is 0.379 e. The Morgan fingerprint density at radius 2 is 1.93 bits per heavy atom. The normalized spacial score (nSPS) is 14.3. The maximum atomic E-state index is 12.7. The van der Waals surface area contributed by atoms with Gasteiger partial charge in [0.2, 0.25) is 5.76 Å². The highest BCUT2D eigenvalue weighted by Crippen LogP contribution is 2.30. The highest BCUT2D eigenvalue weighted by Gasteiger charge is 2.29. The number of furan rings is 1. The Morgan fingerprint density at radius 1 is 1.13 bits per heavy atom. The van der Waals surface area contributed by atoms with E-state index in [1.807, 2.05) is 19.1 Å². The maximum absolute atomic E-state index is 12.7. The van der Waals surface area contributed by atoms with Crippen LogP contribution in [0, 0.1) is 13.8 Å². The molecule has 0 bridgehead atoms. The van der Waals surface area contributed by atoms with Crippen LogP contribution in [-0.2, 0) is 6.42 Å². The number of rotatable bonds is 4. The number of fused-ring (bicyclic) bond motifs is 1. The minimum atomic E-state index is -0.551. The predicted molar refractivity (Wildman–Crippen MR) is 111 cm³/mol. The highest BCUT2D eigenvalue weighted by atomic mass is 16.5. The molecular weight excluding hydrogens is 382 g/mol. The van der Waals surface area contributed by atoms with Crippen molar-refractivity contribution in [3.8, 4) is 5.75 Å². The van der Waals surface area contributed by atoms with Crippen LogP contribution in [0.3, 0.4) is 0 Å². The van der Waals surface area contributed by atoms with Gasteiger partial charge >= 0.3 is 5.97 Å². The van der Waals surface area contributed by atoms with Gasteiger partial charge in [-0.15, -0.1) is 0 Å². The number of hydrogen-bond acceptors (Lipinski definition) is 6. The van der Waals surface area contributed by atoms with E-state index in [4.69, 9.17) is 9.15 Å². The molecule has 0 atom stereocenters. The van der Waals surface area contributed by atoms with Gasteiger partial charge in [-0.25, -0.2) is 10.2 Å². The lowest BCUT2D eigenvalue weighted by atomic mass is 9.93. The fraction of sp³-hybridized carbons (Fsp3) is 0.217. The van der Waals surface area contributed by atoms with Crippen LogP contribution in [-0.4, -0.2) is 22.6 Å². The van der Waals surface area contributed by atoms with Crippen LogP contribution >= 0.6 is 0 Å². The summed E-state index contributed by atoms with van der Waals surface area (Å²) in [6.07, 6.45) is 5.26. The smallest absolute Gasteiger partial charge is 0.379 e. The molecule has 0 aliphatic heterocycles. The molecule has 2 aromatic heterocycles. The van der Waals surface area contributed by atoms with Gasteiger partial charge in [-0.1, -0.05) is 17.7 Å². The average molecular weight is 403 g/mol. The van der Waals surface area contributed by atoms with Crippen LogP contribution < -0.4 is 10.2 Å². The standard InChI is InChI=1S/C23H21N3O4/c1-14-8-10-17(11-9-14)29-23(28)21-15(2)20-18(6-3-7-19(20)30-21)25-26-22(27)16-5-4-12-24-13-16/h4-5,8-13H,3,6-7H2,1-2H3,(H,26,27)/b25-18+. The third-order valence-corrected chi connectivity index (χ3v) is 4.96. The second kappa shape index (κ2) is 8.32. The summed E-state index contributed by atoms with van der Waals surface area (Å²) in [6.45, 7) is 3.77. The topological polar surface area (TPSA) is 93.8 Å². The largest absolute Gasteiger partial charge is 0.453 e. The molecule has 4 rings (SSSR count). The summed E-state index contributed by atoms with van der Waals surface area (Å²) in [7, 11) is 0. The van der Waals surface area contributed by atoms with Gasteiger partial charge in [0.25, 0.3) is 5.91 Å². The number of aryl methyl sites for hydroxylation is 2. The SMILES string of the molecule is Cc1ccc(OC(=O)c2oc3c(c2C)/C(=N/NC(=O)c2cccnc2)CCC3)cc1. The minimum Gasteiger partial charge on any atom is -0.453 e. The number of nitrogens with zero attached hydrogens (tertiary/aromatic N) is 2. The molecule has 0 saturated heterocycles. The van der Waals surface area contributed by atoms with Gasteiger partial charge in [-0.05, 0) is 51.0 Å². The van der Waals surface area contributed by atoms with Crippen molar-refractivity contribution < 1.29 is 18.7 Å². The second-order valence-electron chi connectivity index (χ2n) is 7.15.